The Morgan fingerprint density at radius 2 is 2.12 bits per heavy atom. The molecular formula is C17H20F2N2O4S. The van der Waals surface area contributed by atoms with Crippen LogP contribution in [-0.2, 0) is 9.53 Å². The number of halogens is 2. The average molecular weight is 386 g/mol. The molecular weight excluding hydrogens is 366 g/mol. The quantitative estimate of drug-likeness (QED) is 0.400. The Morgan fingerprint density at radius 3 is 2.77 bits per heavy atom. The van der Waals surface area contributed by atoms with Crippen molar-refractivity contribution in [2.24, 2.45) is 0 Å². The van der Waals surface area contributed by atoms with E-state index in [0.29, 0.717) is 35.9 Å². The number of amides is 1. The molecule has 26 heavy (non-hydrogen) atoms. The highest BCUT2D eigenvalue weighted by Gasteiger charge is 2.30. The van der Waals surface area contributed by atoms with Crippen molar-refractivity contribution in [2.75, 3.05) is 26.9 Å². The number of thiocarbonyl (C=S) groups is 1. The van der Waals surface area contributed by atoms with Gasteiger partial charge in [0.15, 0.2) is 16.6 Å². The summed E-state index contributed by atoms with van der Waals surface area (Å²) in [6.45, 7) is 0.0364. The fraction of sp³-hybridized carbons (Fsp3) is 0.412. The van der Waals surface area contributed by atoms with Gasteiger partial charge < -0.3 is 19.5 Å². The zero-order valence-electron chi connectivity index (χ0n) is 14.5. The van der Waals surface area contributed by atoms with Gasteiger partial charge in [-0.1, -0.05) is 6.07 Å². The van der Waals surface area contributed by atoms with Gasteiger partial charge in [-0.25, -0.2) is 0 Å². The number of hydrogen-bond donors (Lipinski definition) is 1. The molecule has 1 aliphatic heterocycles. The predicted octanol–water partition coefficient (Wildman–Crippen LogP) is 2.78. The van der Waals surface area contributed by atoms with Gasteiger partial charge in [-0.3, -0.25) is 9.69 Å². The highest BCUT2D eigenvalue weighted by molar-refractivity contribution is 7.80. The number of hydrogen-bond acceptors (Lipinski definition) is 5. The van der Waals surface area contributed by atoms with E-state index in [2.05, 4.69) is 10.1 Å². The van der Waals surface area contributed by atoms with Crippen LogP contribution in [0.15, 0.2) is 23.9 Å². The van der Waals surface area contributed by atoms with Crippen LogP contribution >= 0.6 is 12.2 Å². The summed E-state index contributed by atoms with van der Waals surface area (Å²) >= 11 is 5.18. The maximum absolute atomic E-state index is 12.5. The molecule has 1 fully saturated rings. The van der Waals surface area contributed by atoms with Gasteiger partial charge in [0.1, 0.15) is 5.70 Å². The van der Waals surface area contributed by atoms with E-state index in [9.17, 15) is 13.6 Å². The molecule has 0 radical (unpaired) electrons. The lowest BCUT2D eigenvalue weighted by Gasteiger charge is -2.13. The number of alkyl halides is 2. The topological polar surface area (TPSA) is 60.0 Å². The minimum absolute atomic E-state index is 0.0635. The molecule has 6 nitrogen and oxygen atoms in total. The normalized spacial score (nSPS) is 15.7. The zero-order valence-corrected chi connectivity index (χ0v) is 15.3. The summed E-state index contributed by atoms with van der Waals surface area (Å²) < 4.78 is 39.7. The Bertz CT molecular complexity index is 697. The molecule has 0 aliphatic carbocycles. The molecule has 1 heterocycles. The molecule has 1 N–H and O–H groups in total. The first-order valence-corrected chi connectivity index (χ1v) is 8.42. The van der Waals surface area contributed by atoms with Crippen molar-refractivity contribution in [1.29, 1.82) is 0 Å². The first kappa shape index (κ1) is 20.1. The molecule has 1 aliphatic rings. The van der Waals surface area contributed by atoms with E-state index in [4.69, 9.17) is 21.7 Å². The molecule has 1 aromatic rings. The number of nitrogens with zero attached hydrogens (tertiary/aromatic N) is 1. The van der Waals surface area contributed by atoms with Crippen molar-refractivity contribution < 1.29 is 27.8 Å². The number of nitrogens with one attached hydrogen (secondary N) is 1. The summed E-state index contributed by atoms with van der Waals surface area (Å²) in [5, 5.41) is 3.18. The number of benzene rings is 1. The Labute approximate surface area is 155 Å². The van der Waals surface area contributed by atoms with E-state index in [1.807, 2.05) is 0 Å². The van der Waals surface area contributed by atoms with Crippen molar-refractivity contribution in [3.05, 3.63) is 29.5 Å². The van der Waals surface area contributed by atoms with E-state index >= 15 is 0 Å². The van der Waals surface area contributed by atoms with Gasteiger partial charge in [0.05, 0.1) is 6.61 Å². The molecule has 1 amide bonds. The van der Waals surface area contributed by atoms with Crippen LogP contribution in [-0.4, -0.2) is 49.4 Å². The predicted molar refractivity (Wildman–Crippen MR) is 96.2 cm³/mol. The zero-order chi connectivity index (χ0) is 19.1. The third-order valence-electron chi connectivity index (χ3n) is 3.49. The van der Waals surface area contributed by atoms with Gasteiger partial charge in [0.25, 0.3) is 5.91 Å². The average Bonchev–Trinajstić information content (AvgIpc) is 2.84. The van der Waals surface area contributed by atoms with Crippen LogP contribution in [0.1, 0.15) is 18.9 Å². The molecule has 2 rings (SSSR count). The van der Waals surface area contributed by atoms with Gasteiger partial charge in [-0.05, 0) is 49.3 Å². The molecule has 1 aromatic carbocycles. The second kappa shape index (κ2) is 9.44. The first-order chi connectivity index (χ1) is 12.5. The van der Waals surface area contributed by atoms with Gasteiger partial charge in [-0.15, -0.1) is 0 Å². The highest BCUT2D eigenvalue weighted by Crippen LogP contribution is 2.31. The number of methoxy groups -OCH3 is 1. The number of carbonyl (C=O) groups excluding carboxylic acids is 1. The van der Waals surface area contributed by atoms with Crippen LogP contribution in [0.4, 0.5) is 8.78 Å². The standard InChI is InChI=1S/C17H20F2N2O4S/c1-3-24-14-10-11(5-6-13(14)25-16(18)19)9-12-15(22)21(17(26)20-12)7-4-8-23-2/h5-6,9-10,16H,3-4,7-8H2,1-2H3,(H,20,26)/b12-9+. The Balaban J connectivity index is 2.19. The summed E-state index contributed by atoms with van der Waals surface area (Å²) in [6.07, 6.45) is 2.24. The molecule has 0 spiro atoms. The highest BCUT2D eigenvalue weighted by atomic mass is 32.1. The Kier molecular flexibility index (Phi) is 7.28. The number of rotatable bonds is 9. The minimum Gasteiger partial charge on any atom is -0.490 e. The van der Waals surface area contributed by atoms with Crippen LogP contribution in [0, 0.1) is 0 Å². The van der Waals surface area contributed by atoms with Crippen molar-refractivity contribution in [1.82, 2.24) is 10.2 Å². The van der Waals surface area contributed by atoms with Crippen LogP contribution in [0.3, 0.4) is 0 Å². The van der Waals surface area contributed by atoms with E-state index in [1.165, 1.54) is 17.0 Å². The summed E-state index contributed by atoms with van der Waals surface area (Å²) in [7, 11) is 1.59. The third-order valence-corrected chi connectivity index (χ3v) is 3.81. The molecule has 9 heteroatoms. The van der Waals surface area contributed by atoms with Crippen LogP contribution in [0.5, 0.6) is 11.5 Å². The van der Waals surface area contributed by atoms with E-state index in [1.54, 1.807) is 26.2 Å². The van der Waals surface area contributed by atoms with Gasteiger partial charge in [0.2, 0.25) is 0 Å². The Morgan fingerprint density at radius 1 is 1.35 bits per heavy atom. The molecule has 0 atom stereocenters. The summed E-state index contributed by atoms with van der Waals surface area (Å²) in [4.78, 5) is 13.9. The maximum Gasteiger partial charge on any atom is 0.387 e. The van der Waals surface area contributed by atoms with Gasteiger partial charge in [0, 0.05) is 20.3 Å². The maximum atomic E-state index is 12.5. The van der Waals surface area contributed by atoms with Gasteiger partial charge >= 0.3 is 6.61 Å². The second-order valence-corrected chi connectivity index (χ2v) is 5.70. The SMILES string of the molecule is CCOc1cc(/C=C2/NC(=S)N(CCCOC)C2=O)ccc1OC(F)F. The molecule has 1 saturated heterocycles. The fourth-order valence-corrected chi connectivity index (χ4v) is 2.67. The second-order valence-electron chi connectivity index (χ2n) is 5.31. The van der Waals surface area contributed by atoms with E-state index in [0.717, 1.165) is 0 Å². The number of ether oxygens (including phenoxy) is 3. The van der Waals surface area contributed by atoms with Crippen LogP contribution in [0.2, 0.25) is 0 Å². The van der Waals surface area contributed by atoms with E-state index < -0.39 is 6.61 Å². The minimum atomic E-state index is -2.95. The molecule has 0 bridgehead atoms. The third kappa shape index (κ3) is 5.12. The molecule has 0 saturated carbocycles. The number of carbonyl (C=O) groups is 1. The lowest BCUT2D eigenvalue weighted by atomic mass is 10.1. The first-order valence-electron chi connectivity index (χ1n) is 8.01. The summed E-state index contributed by atoms with van der Waals surface area (Å²) in [6, 6.07) is 4.45. The van der Waals surface area contributed by atoms with E-state index in [-0.39, 0.29) is 24.0 Å². The molecule has 0 aromatic heterocycles. The monoisotopic (exact) mass is 386 g/mol. The smallest absolute Gasteiger partial charge is 0.387 e. The van der Waals surface area contributed by atoms with Crippen LogP contribution < -0.4 is 14.8 Å². The lowest BCUT2D eigenvalue weighted by Crippen LogP contribution is -2.32. The van der Waals surface area contributed by atoms with Crippen molar-refractivity contribution in [2.45, 2.75) is 20.0 Å². The lowest BCUT2D eigenvalue weighted by molar-refractivity contribution is -0.122. The van der Waals surface area contributed by atoms with Crippen molar-refractivity contribution in [3.63, 3.8) is 0 Å². The molecule has 0 unspecified atom stereocenters. The van der Waals surface area contributed by atoms with Crippen LogP contribution in [0.25, 0.3) is 6.08 Å². The largest absolute Gasteiger partial charge is 0.490 e. The Hall–Kier alpha value is -2.26. The van der Waals surface area contributed by atoms with Crippen molar-refractivity contribution in [3.8, 4) is 11.5 Å². The van der Waals surface area contributed by atoms with Gasteiger partial charge in [-0.2, -0.15) is 8.78 Å². The van der Waals surface area contributed by atoms with Crippen molar-refractivity contribution >= 4 is 29.3 Å². The molecule has 142 valence electrons. The fourth-order valence-electron chi connectivity index (χ4n) is 2.38. The summed E-state index contributed by atoms with van der Waals surface area (Å²) in [5.41, 5.74) is 0.893. The summed E-state index contributed by atoms with van der Waals surface area (Å²) in [5.74, 6) is -0.143.